The molecule has 0 spiro atoms. The Labute approximate surface area is 174 Å². The number of aromatic nitrogens is 2. The average molecular weight is 447 g/mol. The van der Waals surface area contributed by atoms with Gasteiger partial charge in [-0.05, 0) is 31.2 Å². The molecule has 3 aromatic rings. The second-order valence-electron chi connectivity index (χ2n) is 5.47. The van der Waals surface area contributed by atoms with Gasteiger partial charge in [-0.15, -0.1) is 0 Å². The fourth-order valence-electron chi connectivity index (χ4n) is 2.50. The van der Waals surface area contributed by atoms with E-state index in [9.17, 15) is 9.59 Å². The maximum Gasteiger partial charge on any atom is 0.302 e. The first kappa shape index (κ1) is 23.6. The minimum absolute atomic E-state index is 0.0617. The van der Waals surface area contributed by atoms with E-state index in [2.05, 4.69) is 21.0 Å². The number of carbonyl (C=O) groups is 1. The fourth-order valence-corrected chi connectivity index (χ4v) is 2.97. The Morgan fingerprint density at radius 3 is 2.46 bits per heavy atom. The lowest BCUT2D eigenvalue weighted by Crippen LogP contribution is -2.22. The summed E-state index contributed by atoms with van der Waals surface area (Å²) in [5, 5.41) is 5.68. The van der Waals surface area contributed by atoms with Crippen LogP contribution in [0.2, 0.25) is 0 Å². The first-order chi connectivity index (χ1) is 13.5. The van der Waals surface area contributed by atoms with Gasteiger partial charge < -0.3 is 4.74 Å². The number of aryl methyl sites for hydroxylation is 1. The summed E-state index contributed by atoms with van der Waals surface area (Å²) in [6.07, 6.45) is 1.67. The number of hydrogen-bond donors (Lipinski definition) is 0. The van der Waals surface area contributed by atoms with Gasteiger partial charge in [0.05, 0.1) is 17.3 Å². The predicted octanol–water partition coefficient (Wildman–Crippen LogP) is 5.57. The molecule has 1 aromatic heterocycles. The third-order valence-electron chi connectivity index (χ3n) is 3.68. The van der Waals surface area contributed by atoms with Crippen LogP contribution in [-0.2, 0) is 16.1 Å². The van der Waals surface area contributed by atoms with Gasteiger partial charge >= 0.3 is 5.97 Å². The highest BCUT2D eigenvalue weighted by Gasteiger charge is 2.14. The third kappa shape index (κ3) is 5.52. The number of nitrogens with zero attached hydrogens (tertiary/aromatic N) is 2. The maximum atomic E-state index is 12.8. The highest BCUT2D eigenvalue weighted by Crippen LogP contribution is 2.24. The Balaban J connectivity index is 0.000000921. The molecule has 2 aromatic carbocycles. The lowest BCUT2D eigenvalue weighted by Gasteiger charge is -2.13. The molecule has 0 aliphatic heterocycles. The first-order valence-electron chi connectivity index (χ1n) is 9.37. The molecule has 0 radical (unpaired) electrons. The Morgan fingerprint density at radius 1 is 1.14 bits per heavy atom. The van der Waals surface area contributed by atoms with E-state index < -0.39 is 0 Å². The number of ether oxygens (including phenoxy) is 1. The van der Waals surface area contributed by atoms with Gasteiger partial charge in [-0.1, -0.05) is 61.3 Å². The summed E-state index contributed by atoms with van der Waals surface area (Å²) in [5.41, 5.74) is 2.13. The standard InChI is InChI=1S/C18H15BrN2O3.2C2H6/c1-11-6-7-14-13(8-11)9-20-21(18(14)23)17-5-3-4-16(19)15(17)10-24-12(2)22;2*1-2/h3-9H,10H2,1-2H3;2*1-2H3. The molecule has 0 N–H and O–H groups in total. The summed E-state index contributed by atoms with van der Waals surface area (Å²) in [6, 6.07) is 11.0. The van der Waals surface area contributed by atoms with E-state index in [-0.39, 0.29) is 18.1 Å². The van der Waals surface area contributed by atoms with E-state index in [1.54, 1.807) is 18.3 Å². The highest BCUT2D eigenvalue weighted by molar-refractivity contribution is 9.10. The van der Waals surface area contributed by atoms with Gasteiger partial charge in [-0.3, -0.25) is 9.59 Å². The lowest BCUT2D eigenvalue weighted by molar-refractivity contribution is -0.142. The number of hydrogen-bond acceptors (Lipinski definition) is 4. The quantitative estimate of drug-likeness (QED) is 0.493. The van der Waals surface area contributed by atoms with E-state index in [1.807, 2.05) is 58.9 Å². The zero-order valence-corrected chi connectivity index (χ0v) is 18.8. The molecule has 0 bridgehead atoms. The Bertz CT molecular complexity index is 997. The minimum atomic E-state index is -0.383. The topological polar surface area (TPSA) is 61.2 Å². The van der Waals surface area contributed by atoms with Crippen molar-refractivity contribution in [3.8, 4) is 5.69 Å². The number of fused-ring (bicyclic) bond motifs is 1. The summed E-state index contributed by atoms with van der Waals surface area (Å²) in [4.78, 5) is 23.9. The predicted molar refractivity (Wildman–Crippen MR) is 118 cm³/mol. The van der Waals surface area contributed by atoms with Crippen LogP contribution in [0, 0.1) is 6.92 Å². The second-order valence-corrected chi connectivity index (χ2v) is 6.32. The number of benzene rings is 2. The Kier molecular flexibility index (Phi) is 9.59. The van der Waals surface area contributed by atoms with Gasteiger partial charge in [0.1, 0.15) is 6.61 Å². The largest absolute Gasteiger partial charge is 0.461 e. The Morgan fingerprint density at radius 2 is 1.82 bits per heavy atom. The Hall–Kier alpha value is -2.47. The molecule has 0 aliphatic carbocycles. The molecule has 0 amide bonds. The van der Waals surface area contributed by atoms with E-state index in [0.29, 0.717) is 16.6 Å². The van der Waals surface area contributed by atoms with Gasteiger partial charge in [-0.2, -0.15) is 9.78 Å². The number of rotatable bonds is 3. The van der Waals surface area contributed by atoms with E-state index in [1.165, 1.54) is 11.6 Å². The van der Waals surface area contributed by atoms with Crippen LogP contribution >= 0.6 is 15.9 Å². The van der Waals surface area contributed by atoms with Crippen LogP contribution in [0.15, 0.2) is 51.9 Å². The minimum Gasteiger partial charge on any atom is -0.461 e. The molecule has 0 saturated heterocycles. The fraction of sp³-hybridized carbons (Fsp3) is 0.318. The van der Waals surface area contributed by atoms with Crippen molar-refractivity contribution in [3.63, 3.8) is 0 Å². The summed E-state index contributed by atoms with van der Waals surface area (Å²) in [7, 11) is 0. The molecule has 150 valence electrons. The molecular weight excluding hydrogens is 420 g/mol. The van der Waals surface area contributed by atoms with Crippen LogP contribution < -0.4 is 5.56 Å². The van der Waals surface area contributed by atoms with Gasteiger partial charge in [0.15, 0.2) is 0 Å². The SMILES string of the molecule is CC.CC.CC(=O)OCc1c(Br)cccc1-n1ncc2cc(C)ccc2c1=O. The van der Waals surface area contributed by atoms with Crippen LogP contribution in [-0.4, -0.2) is 15.7 Å². The molecule has 0 atom stereocenters. The summed E-state index contributed by atoms with van der Waals surface area (Å²) in [5.74, 6) is -0.383. The highest BCUT2D eigenvalue weighted by atomic mass is 79.9. The zero-order valence-electron chi connectivity index (χ0n) is 17.2. The van der Waals surface area contributed by atoms with Crippen molar-refractivity contribution in [2.45, 2.75) is 48.1 Å². The number of halogens is 1. The molecular formula is C22H27BrN2O3. The van der Waals surface area contributed by atoms with Crippen molar-refractivity contribution in [1.29, 1.82) is 0 Å². The molecule has 0 fully saturated rings. The van der Waals surface area contributed by atoms with Crippen molar-refractivity contribution >= 4 is 32.7 Å². The van der Waals surface area contributed by atoms with Gasteiger partial charge in [0.2, 0.25) is 0 Å². The monoisotopic (exact) mass is 446 g/mol. The van der Waals surface area contributed by atoms with Gasteiger partial charge in [0, 0.05) is 22.3 Å². The molecule has 6 heteroatoms. The van der Waals surface area contributed by atoms with Crippen molar-refractivity contribution in [1.82, 2.24) is 9.78 Å². The zero-order chi connectivity index (χ0) is 21.3. The van der Waals surface area contributed by atoms with Crippen molar-refractivity contribution in [2.24, 2.45) is 0 Å². The van der Waals surface area contributed by atoms with Crippen LogP contribution in [0.4, 0.5) is 0 Å². The van der Waals surface area contributed by atoms with Crippen LogP contribution in [0.1, 0.15) is 45.7 Å². The lowest BCUT2D eigenvalue weighted by atomic mass is 10.1. The third-order valence-corrected chi connectivity index (χ3v) is 4.43. The van der Waals surface area contributed by atoms with Crippen molar-refractivity contribution in [3.05, 3.63) is 68.5 Å². The maximum absolute atomic E-state index is 12.8. The second kappa shape index (κ2) is 11.4. The molecule has 28 heavy (non-hydrogen) atoms. The van der Waals surface area contributed by atoms with E-state index in [0.717, 1.165) is 15.4 Å². The van der Waals surface area contributed by atoms with Crippen LogP contribution in [0.3, 0.4) is 0 Å². The summed E-state index contributed by atoms with van der Waals surface area (Å²) >= 11 is 3.44. The smallest absolute Gasteiger partial charge is 0.302 e. The molecule has 1 heterocycles. The van der Waals surface area contributed by atoms with Crippen molar-refractivity contribution in [2.75, 3.05) is 0 Å². The normalized spacial score (nSPS) is 9.68. The van der Waals surface area contributed by atoms with E-state index in [4.69, 9.17) is 4.74 Å². The molecule has 0 unspecified atom stereocenters. The van der Waals surface area contributed by atoms with Crippen LogP contribution in [0.5, 0.6) is 0 Å². The molecule has 5 nitrogen and oxygen atoms in total. The molecule has 0 saturated carbocycles. The first-order valence-corrected chi connectivity index (χ1v) is 10.2. The number of esters is 1. The van der Waals surface area contributed by atoms with Crippen molar-refractivity contribution < 1.29 is 9.53 Å². The molecule has 3 rings (SSSR count). The summed E-state index contributed by atoms with van der Waals surface area (Å²) in [6.45, 7) is 11.4. The van der Waals surface area contributed by atoms with Crippen LogP contribution in [0.25, 0.3) is 16.5 Å². The average Bonchev–Trinajstić information content (AvgIpc) is 2.70. The summed E-state index contributed by atoms with van der Waals surface area (Å²) < 4.78 is 7.19. The number of carbonyl (C=O) groups excluding carboxylic acids is 1. The van der Waals surface area contributed by atoms with Gasteiger partial charge in [-0.25, -0.2) is 0 Å². The van der Waals surface area contributed by atoms with E-state index >= 15 is 0 Å². The molecule has 0 aliphatic rings. The van der Waals surface area contributed by atoms with Gasteiger partial charge in [0.25, 0.3) is 5.56 Å².